The van der Waals surface area contributed by atoms with Crippen LogP contribution in [0.2, 0.25) is 0 Å². The highest BCUT2D eigenvalue weighted by Crippen LogP contribution is 2.40. The predicted octanol–water partition coefficient (Wildman–Crippen LogP) is 3.07. The number of aliphatic hydroxyl groups is 1. The van der Waals surface area contributed by atoms with E-state index in [-0.39, 0.29) is 5.41 Å². The van der Waals surface area contributed by atoms with Crippen molar-refractivity contribution in [1.82, 2.24) is 4.90 Å². The molecule has 1 heterocycles. The summed E-state index contributed by atoms with van der Waals surface area (Å²) in [7, 11) is 0. The molecule has 0 spiro atoms. The van der Waals surface area contributed by atoms with Crippen molar-refractivity contribution >= 4 is 0 Å². The maximum absolute atomic E-state index is 10.00. The Hall–Kier alpha value is -1.06. The van der Waals surface area contributed by atoms with Crippen molar-refractivity contribution in [2.75, 3.05) is 26.3 Å². The normalized spacial score (nSPS) is 30.3. The lowest BCUT2D eigenvalue weighted by Crippen LogP contribution is -2.43. The maximum Gasteiger partial charge on any atom is 0.123 e. The van der Waals surface area contributed by atoms with Crippen LogP contribution in [0.25, 0.3) is 0 Å². The molecule has 1 aliphatic carbocycles. The van der Waals surface area contributed by atoms with Crippen molar-refractivity contribution in [2.45, 2.75) is 39.2 Å². The topological polar surface area (TPSA) is 32.7 Å². The monoisotopic (exact) mass is 289 g/mol. The van der Waals surface area contributed by atoms with Crippen LogP contribution in [0.3, 0.4) is 0 Å². The van der Waals surface area contributed by atoms with Gasteiger partial charge in [0.05, 0.1) is 0 Å². The van der Waals surface area contributed by atoms with Crippen LogP contribution < -0.4 is 4.74 Å². The lowest BCUT2D eigenvalue weighted by atomic mass is 9.70. The Labute approximate surface area is 127 Å². The first-order valence-corrected chi connectivity index (χ1v) is 8.25. The van der Waals surface area contributed by atoms with E-state index in [9.17, 15) is 5.11 Å². The molecule has 1 aliphatic heterocycles. The second-order valence-corrected chi connectivity index (χ2v) is 7.03. The number of rotatable bonds is 3. The number of aliphatic hydroxyl groups excluding tert-OH is 1. The molecular weight excluding hydrogens is 262 g/mol. The third-order valence-corrected chi connectivity index (χ3v) is 5.11. The fourth-order valence-corrected chi connectivity index (χ4v) is 4.10. The highest BCUT2D eigenvalue weighted by Gasteiger charge is 2.36. The van der Waals surface area contributed by atoms with Crippen LogP contribution >= 0.6 is 0 Å². The summed E-state index contributed by atoms with van der Waals surface area (Å²) < 4.78 is 5.85. The molecule has 3 nitrogen and oxygen atoms in total. The van der Waals surface area contributed by atoms with Crippen molar-refractivity contribution in [3.05, 3.63) is 29.8 Å². The molecule has 3 heteroatoms. The van der Waals surface area contributed by atoms with E-state index in [1.165, 1.54) is 18.4 Å². The van der Waals surface area contributed by atoms with Crippen molar-refractivity contribution in [1.29, 1.82) is 0 Å². The van der Waals surface area contributed by atoms with Gasteiger partial charge in [-0.05, 0) is 24.8 Å². The summed E-state index contributed by atoms with van der Waals surface area (Å²) in [6.07, 6.45) is 4.88. The fourth-order valence-electron chi connectivity index (χ4n) is 4.10. The Morgan fingerprint density at radius 1 is 1.38 bits per heavy atom. The van der Waals surface area contributed by atoms with Gasteiger partial charge in [-0.3, -0.25) is 4.90 Å². The molecule has 1 aromatic carbocycles. The number of para-hydroxylation sites is 1. The average Bonchev–Trinajstić information content (AvgIpc) is 2.68. The molecule has 0 saturated heterocycles. The molecule has 21 heavy (non-hydrogen) atoms. The van der Waals surface area contributed by atoms with Gasteiger partial charge in [0.15, 0.2) is 0 Å². The first kappa shape index (κ1) is 14.9. The van der Waals surface area contributed by atoms with Gasteiger partial charge in [0.1, 0.15) is 12.4 Å². The molecule has 0 amide bonds. The second-order valence-electron chi connectivity index (χ2n) is 7.03. The quantitative estimate of drug-likeness (QED) is 0.928. The Bertz CT molecular complexity index is 476. The van der Waals surface area contributed by atoms with Crippen molar-refractivity contribution < 1.29 is 9.84 Å². The molecule has 2 unspecified atom stereocenters. The molecule has 116 valence electrons. The number of hydrogen-bond donors (Lipinski definition) is 1. The zero-order chi connectivity index (χ0) is 14.7. The van der Waals surface area contributed by atoms with Gasteiger partial charge < -0.3 is 9.84 Å². The summed E-state index contributed by atoms with van der Waals surface area (Å²) in [5.41, 5.74) is 1.36. The summed E-state index contributed by atoms with van der Waals surface area (Å²) in [5.74, 6) is 1.76. The molecule has 1 fully saturated rings. The zero-order valence-electron chi connectivity index (χ0n) is 13.1. The molecular formula is C18H27NO2. The Morgan fingerprint density at radius 3 is 3.05 bits per heavy atom. The van der Waals surface area contributed by atoms with E-state index in [1.54, 1.807) is 0 Å². The molecule has 2 atom stereocenters. The molecule has 3 rings (SSSR count). The zero-order valence-corrected chi connectivity index (χ0v) is 13.1. The summed E-state index contributed by atoms with van der Waals surface area (Å²) in [6.45, 7) is 6.26. The number of benzene rings is 1. The standard InChI is InChI=1S/C18H27NO2/c1-15-5-4-8-18(11-15,14-20)13-19-9-10-21-17-7-3-2-6-16(17)12-19/h2-3,6-7,15,20H,4-5,8-14H2,1H3. The van der Waals surface area contributed by atoms with Crippen LogP contribution in [0.4, 0.5) is 0 Å². The number of fused-ring (bicyclic) bond motifs is 1. The number of nitrogens with zero attached hydrogens (tertiary/aromatic N) is 1. The first-order valence-electron chi connectivity index (χ1n) is 8.25. The minimum Gasteiger partial charge on any atom is -0.492 e. The molecule has 1 aromatic rings. The van der Waals surface area contributed by atoms with Gasteiger partial charge in [-0.15, -0.1) is 0 Å². The third-order valence-electron chi connectivity index (χ3n) is 5.11. The molecule has 0 aromatic heterocycles. The van der Waals surface area contributed by atoms with Crippen LogP contribution in [0.15, 0.2) is 24.3 Å². The molecule has 1 N–H and O–H groups in total. The lowest BCUT2D eigenvalue weighted by molar-refractivity contribution is 0.0204. The summed E-state index contributed by atoms with van der Waals surface area (Å²) in [6, 6.07) is 8.33. The van der Waals surface area contributed by atoms with Crippen LogP contribution in [-0.2, 0) is 6.54 Å². The van der Waals surface area contributed by atoms with Gasteiger partial charge in [0.25, 0.3) is 0 Å². The van der Waals surface area contributed by atoms with Crippen LogP contribution in [0.5, 0.6) is 5.75 Å². The van der Waals surface area contributed by atoms with Gasteiger partial charge in [0, 0.05) is 37.2 Å². The van der Waals surface area contributed by atoms with E-state index in [4.69, 9.17) is 4.74 Å². The van der Waals surface area contributed by atoms with Gasteiger partial charge in [-0.25, -0.2) is 0 Å². The Morgan fingerprint density at radius 2 is 2.24 bits per heavy atom. The smallest absolute Gasteiger partial charge is 0.123 e. The van der Waals surface area contributed by atoms with Crippen LogP contribution in [0, 0.1) is 11.3 Å². The molecule has 1 saturated carbocycles. The van der Waals surface area contributed by atoms with Crippen LogP contribution in [0.1, 0.15) is 38.2 Å². The highest BCUT2D eigenvalue weighted by atomic mass is 16.5. The third kappa shape index (κ3) is 3.41. The number of hydrogen-bond acceptors (Lipinski definition) is 3. The van der Waals surface area contributed by atoms with E-state index in [1.807, 2.05) is 6.07 Å². The Balaban J connectivity index is 1.72. The molecule has 2 aliphatic rings. The largest absolute Gasteiger partial charge is 0.492 e. The van der Waals surface area contributed by atoms with E-state index in [2.05, 4.69) is 30.0 Å². The van der Waals surface area contributed by atoms with Crippen molar-refractivity contribution in [2.24, 2.45) is 11.3 Å². The predicted molar refractivity (Wildman–Crippen MR) is 84.4 cm³/mol. The summed E-state index contributed by atoms with van der Waals surface area (Å²) >= 11 is 0. The van der Waals surface area contributed by atoms with Gasteiger partial charge in [0.2, 0.25) is 0 Å². The van der Waals surface area contributed by atoms with E-state index in [0.717, 1.165) is 50.8 Å². The number of ether oxygens (including phenoxy) is 1. The fraction of sp³-hybridized carbons (Fsp3) is 0.667. The SMILES string of the molecule is CC1CCCC(CO)(CN2CCOc3ccccc3C2)C1. The summed E-state index contributed by atoms with van der Waals surface area (Å²) in [5, 5.41) is 10.00. The minimum absolute atomic E-state index is 0.0942. The van der Waals surface area contributed by atoms with Gasteiger partial charge >= 0.3 is 0 Å². The Kier molecular flexibility index (Phi) is 4.51. The van der Waals surface area contributed by atoms with Crippen molar-refractivity contribution in [3.8, 4) is 5.75 Å². The van der Waals surface area contributed by atoms with Gasteiger partial charge in [-0.2, -0.15) is 0 Å². The molecule has 0 radical (unpaired) electrons. The first-order chi connectivity index (χ1) is 10.2. The second kappa shape index (κ2) is 6.37. The maximum atomic E-state index is 10.00. The minimum atomic E-state index is 0.0942. The van der Waals surface area contributed by atoms with Crippen molar-refractivity contribution in [3.63, 3.8) is 0 Å². The highest BCUT2D eigenvalue weighted by molar-refractivity contribution is 5.33. The lowest BCUT2D eigenvalue weighted by Gasteiger charge is -2.41. The molecule has 0 bridgehead atoms. The average molecular weight is 289 g/mol. The van der Waals surface area contributed by atoms with E-state index in [0.29, 0.717) is 6.61 Å². The van der Waals surface area contributed by atoms with E-state index < -0.39 is 0 Å². The summed E-state index contributed by atoms with van der Waals surface area (Å²) in [4.78, 5) is 2.47. The van der Waals surface area contributed by atoms with Gasteiger partial charge in [-0.1, -0.05) is 38.0 Å². The van der Waals surface area contributed by atoms with E-state index >= 15 is 0 Å². The van der Waals surface area contributed by atoms with Crippen LogP contribution in [-0.4, -0.2) is 36.3 Å².